The summed E-state index contributed by atoms with van der Waals surface area (Å²) in [5, 5.41) is 9.37. The van der Waals surface area contributed by atoms with Crippen molar-refractivity contribution >= 4 is 11.8 Å². The summed E-state index contributed by atoms with van der Waals surface area (Å²) in [4.78, 5) is 16.9. The monoisotopic (exact) mass is 302 g/mol. The number of hydrogen-bond donors (Lipinski definition) is 1. The molecule has 114 valence electrons. The summed E-state index contributed by atoms with van der Waals surface area (Å²) in [7, 11) is 0. The Morgan fingerprint density at radius 3 is 2.82 bits per heavy atom. The van der Waals surface area contributed by atoms with Crippen molar-refractivity contribution in [2.75, 3.05) is 11.5 Å². The van der Waals surface area contributed by atoms with E-state index in [-0.39, 0.29) is 18.5 Å². The summed E-state index contributed by atoms with van der Waals surface area (Å²) < 4.78 is 18.4. The molecule has 1 aromatic carbocycles. The molecule has 0 radical (unpaired) electrons. The highest BCUT2D eigenvalue weighted by atomic mass is 19.1. The lowest BCUT2D eigenvalue weighted by Gasteiger charge is -2.32. The lowest BCUT2D eigenvalue weighted by molar-refractivity contribution is 0.188. The van der Waals surface area contributed by atoms with Gasteiger partial charge in [0, 0.05) is 6.20 Å². The fourth-order valence-electron chi connectivity index (χ4n) is 2.50. The Bertz CT molecular complexity index is 703. The zero-order valence-corrected chi connectivity index (χ0v) is 12.0. The summed E-state index contributed by atoms with van der Waals surface area (Å²) in [6.07, 6.45) is 1.17. The van der Waals surface area contributed by atoms with Gasteiger partial charge in [-0.05, 0) is 42.7 Å². The van der Waals surface area contributed by atoms with Crippen LogP contribution in [0, 0.1) is 5.82 Å². The van der Waals surface area contributed by atoms with Gasteiger partial charge in [-0.15, -0.1) is 0 Å². The van der Waals surface area contributed by atoms with E-state index in [9.17, 15) is 14.3 Å². The van der Waals surface area contributed by atoms with E-state index in [2.05, 4.69) is 4.98 Å². The number of pyridine rings is 1. The molecule has 1 N–H and O–H groups in total. The lowest BCUT2D eigenvalue weighted by Crippen LogP contribution is -2.44. The van der Waals surface area contributed by atoms with Crippen molar-refractivity contribution in [3.8, 4) is 5.88 Å². The summed E-state index contributed by atoms with van der Waals surface area (Å²) in [6.45, 7) is 2.06. The summed E-state index contributed by atoms with van der Waals surface area (Å²) in [5.74, 6) is 0.0370. The fraction of sp³-hybridized carbons (Fsp3) is 0.250. The molecule has 1 atom stereocenters. The molecule has 1 aliphatic heterocycles. The van der Waals surface area contributed by atoms with Gasteiger partial charge in [-0.2, -0.15) is 0 Å². The zero-order chi connectivity index (χ0) is 15.7. The maximum Gasteiger partial charge on any atom is 0.412 e. The number of amides is 1. The van der Waals surface area contributed by atoms with Crippen LogP contribution in [-0.2, 0) is 6.42 Å². The number of benzene rings is 1. The van der Waals surface area contributed by atoms with E-state index >= 15 is 0 Å². The Morgan fingerprint density at radius 1 is 1.41 bits per heavy atom. The van der Waals surface area contributed by atoms with E-state index < -0.39 is 6.09 Å². The topological polar surface area (TPSA) is 62.7 Å². The Kier molecular flexibility index (Phi) is 3.66. The number of anilines is 1. The van der Waals surface area contributed by atoms with Crippen molar-refractivity contribution < 1.29 is 19.0 Å². The molecule has 2 aromatic rings. The number of rotatable bonds is 2. The fourth-order valence-corrected chi connectivity index (χ4v) is 2.50. The maximum atomic E-state index is 12.9. The van der Waals surface area contributed by atoms with Crippen LogP contribution in [0.15, 0.2) is 36.5 Å². The largest absolute Gasteiger partial charge is 0.474 e. The molecule has 0 aliphatic carbocycles. The van der Waals surface area contributed by atoms with Crippen molar-refractivity contribution in [1.82, 2.24) is 4.98 Å². The minimum atomic E-state index is -1.03. The van der Waals surface area contributed by atoms with Crippen LogP contribution in [0.3, 0.4) is 0 Å². The molecule has 6 heteroatoms. The van der Waals surface area contributed by atoms with E-state index in [1.807, 2.05) is 0 Å². The average Bonchev–Trinajstić information content (AvgIpc) is 2.49. The van der Waals surface area contributed by atoms with E-state index in [1.165, 1.54) is 17.0 Å². The van der Waals surface area contributed by atoms with Gasteiger partial charge >= 0.3 is 6.09 Å². The van der Waals surface area contributed by atoms with Gasteiger partial charge in [0.2, 0.25) is 5.88 Å². The van der Waals surface area contributed by atoms with Crippen LogP contribution in [0.4, 0.5) is 14.9 Å². The first-order valence-corrected chi connectivity index (χ1v) is 6.93. The van der Waals surface area contributed by atoms with Crippen molar-refractivity contribution in [3.05, 3.63) is 53.5 Å². The number of halogens is 1. The van der Waals surface area contributed by atoms with Crippen molar-refractivity contribution in [3.63, 3.8) is 0 Å². The molecule has 1 amide bonds. The average molecular weight is 302 g/mol. The first-order valence-electron chi connectivity index (χ1n) is 6.93. The first kappa shape index (κ1) is 14.3. The Hall–Kier alpha value is -2.63. The second kappa shape index (κ2) is 5.63. The standard InChI is InChI=1S/C16H15FN2O3/c1-10-9-22-15-14(19(10)16(20)21)7-12(8-18-15)6-11-2-4-13(17)5-3-11/h2-5,7-8,10H,6,9H2,1H3,(H,20,21). The van der Waals surface area contributed by atoms with E-state index in [0.29, 0.717) is 18.0 Å². The highest BCUT2D eigenvalue weighted by molar-refractivity contribution is 5.89. The molecule has 1 aliphatic rings. The van der Waals surface area contributed by atoms with Crippen molar-refractivity contribution in [2.24, 2.45) is 0 Å². The van der Waals surface area contributed by atoms with E-state index in [4.69, 9.17) is 4.74 Å². The third-order valence-electron chi connectivity index (χ3n) is 3.58. The third kappa shape index (κ3) is 2.72. The van der Waals surface area contributed by atoms with Gasteiger partial charge in [0.05, 0.1) is 6.04 Å². The number of carbonyl (C=O) groups is 1. The molecular weight excluding hydrogens is 287 g/mol. The molecule has 3 rings (SSSR count). The van der Waals surface area contributed by atoms with Crippen LogP contribution in [0.25, 0.3) is 0 Å². The quantitative estimate of drug-likeness (QED) is 0.926. The van der Waals surface area contributed by atoms with Crippen LogP contribution in [0.5, 0.6) is 5.88 Å². The Morgan fingerprint density at radius 2 is 2.14 bits per heavy atom. The molecule has 22 heavy (non-hydrogen) atoms. The third-order valence-corrected chi connectivity index (χ3v) is 3.58. The van der Waals surface area contributed by atoms with E-state index in [0.717, 1.165) is 11.1 Å². The van der Waals surface area contributed by atoms with Crippen LogP contribution in [-0.4, -0.2) is 28.8 Å². The zero-order valence-electron chi connectivity index (χ0n) is 12.0. The van der Waals surface area contributed by atoms with Gasteiger partial charge in [-0.1, -0.05) is 12.1 Å². The van der Waals surface area contributed by atoms with Crippen LogP contribution in [0.1, 0.15) is 18.1 Å². The minimum absolute atomic E-state index is 0.270. The number of nitrogens with zero attached hydrogens (tertiary/aromatic N) is 2. The second-order valence-corrected chi connectivity index (χ2v) is 5.28. The Balaban J connectivity index is 1.92. The summed E-state index contributed by atoms with van der Waals surface area (Å²) >= 11 is 0. The van der Waals surface area contributed by atoms with Gasteiger partial charge < -0.3 is 9.84 Å². The number of carboxylic acid groups (broad SMARTS) is 1. The molecule has 0 saturated heterocycles. The van der Waals surface area contributed by atoms with Crippen LogP contribution < -0.4 is 9.64 Å². The lowest BCUT2D eigenvalue weighted by atomic mass is 10.1. The predicted octanol–water partition coefficient (Wildman–Crippen LogP) is 3.08. The molecule has 2 heterocycles. The van der Waals surface area contributed by atoms with Gasteiger partial charge in [-0.3, -0.25) is 4.90 Å². The van der Waals surface area contributed by atoms with Gasteiger partial charge in [-0.25, -0.2) is 14.2 Å². The second-order valence-electron chi connectivity index (χ2n) is 5.28. The summed E-state index contributed by atoms with van der Waals surface area (Å²) in [6, 6.07) is 7.68. The number of ether oxygens (including phenoxy) is 1. The molecular formula is C16H15FN2O3. The van der Waals surface area contributed by atoms with E-state index in [1.54, 1.807) is 31.3 Å². The van der Waals surface area contributed by atoms with Gasteiger partial charge in [0.25, 0.3) is 0 Å². The molecule has 0 saturated carbocycles. The molecule has 0 fully saturated rings. The first-order chi connectivity index (χ1) is 10.5. The molecule has 1 unspecified atom stereocenters. The predicted molar refractivity (Wildman–Crippen MR) is 78.9 cm³/mol. The maximum absolute atomic E-state index is 12.9. The number of fused-ring (bicyclic) bond motifs is 1. The summed E-state index contributed by atoms with van der Waals surface area (Å²) in [5.41, 5.74) is 2.22. The highest BCUT2D eigenvalue weighted by Gasteiger charge is 2.30. The van der Waals surface area contributed by atoms with Crippen LogP contribution >= 0.6 is 0 Å². The SMILES string of the molecule is CC1COc2ncc(Cc3ccc(F)cc3)cc2N1C(=O)O. The number of aromatic nitrogens is 1. The molecule has 0 bridgehead atoms. The number of hydrogen-bond acceptors (Lipinski definition) is 3. The molecule has 1 aromatic heterocycles. The molecule has 5 nitrogen and oxygen atoms in total. The normalized spacial score (nSPS) is 16.8. The van der Waals surface area contributed by atoms with Gasteiger partial charge in [0.15, 0.2) is 0 Å². The smallest absolute Gasteiger partial charge is 0.412 e. The van der Waals surface area contributed by atoms with Crippen molar-refractivity contribution in [1.29, 1.82) is 0 Å². The van der Waals surface area contributed by atoms with Crippen LogP contribution in [0.2, 0.25) is 0 Å². The highest BCUT2D eigenvalue weighted by Crippen LogP contribution is 2.33. The minimum Gasteiger partial charge on any atom is -0.474 e. The molecule has 0 spiro atoms. The van der Waals surface area contributed by atoms with Crippen molar-refractivity contribution in [2.45, 2.75) is 19.4 Å². The Labute approximate surface area is 127 Å². The van der Waals surface area contributed by atoms with Gasteiger partial charge in [0.1, 0.15) is 18.1 Å².